The Labute approximate surface area is 252 Å². The normalized spacial score (nSPS) is 13.7. The molecule has 1 aliphatic rings. The number of aldehydes is 1. The van der Waals surface area contributed by atoms with Crippen molar-refractivity contribution in [1.82, 2.24) is 5.43 Å². The number of hydrazone groups is 1. The molecule has 8 nitrogen and oxygen atoms in total. The molecular formula is C33H29FN4O4S. The average Bonchev–Trinajstić information content (AvgIpc) is 3.38. The number of benzene rings is 4. The van der Waals surface area contributed by atoms with Gasteiger partial charge >= 0.3 is 12.0 Å². The number of halogens is 1. The molecule has 2 N–H and O–H groups in total. The zero-order valence-electron chi connectivity index (χ0n) is 23.3. The van der Waals surface area contributed by atoms with E-state index in [1.54, 1.807) is 30.0 Å². The van der Waals surface area contributed by atoms with Crippen molar-refractivity contribution in [3.05, 3.63) is 125 Å². The lowest BCUT2D eigenvalue weighted by Gasteiger charge is -2.26. The van der Waals surface area contributed by atoms with Gasteiger partial charge in [-0.3, -0.25) is 0 Å². The van der Waals surface area contributed by atoms with E-state index in [0.29, 0.717) is 23.5 Å². The average molecular weight is 597 g/mol. The molecule has 0 bridgehead atoms. The number of thioether (sulfide) groups is 1. The molecule has 0 fully saturated rings. The summed E-state index contributed by atoms with van der Waals surface area (Å²) in [6.45, 7) is 0.300. The Bertz CT molecular complexity index is 1650. The Morgan fingerprint density at radius 2 is 1.81 bits per heavy atom. The van der Waals surface area contributed by atoms with Gasteiger partial charge in [-0.1, -0.05) is 48.5 Å². The molecule has 10 heteroatoms. The van der Waals surface area contributed by atoms with Crippen molar-refractivity contribution in [2.24, 2.45) is 5.10 Å². The van der Waals surface area contributed by atoms with E-state index in [1.807, 2.05) is 65.6 Å². The fourth-order valence-corrected chi connectivity index (χ4v) is 5.74. The van der Waals surface area contributed by atoms with Crippen LogP contribution in [0.5, 0.6) is 0 Å². The van der Waals surface area contributed by atoms with Crippen molar-refractivity contribution in [1.29, 1.82) is 0 Å². The zero-order chi connectivity index (χ0) is 30.2. The maximum absolute atomic E-state index is 13.5. The SMILES string of the molecule is COC(=O)c1ccc(CCSc2ccc3c(c2)C(=NNC(=O)Nc2cccc(F)c2)CN3C(C=O)c2ccccc2)cc1. The van der Waals surface area contributed by atoms with E-state index in [0.717, 1.165) is 45.7 Å². The van der Waals surface area contributed by atoms with Crippen molar-refractivity contribution < 1.29 is 23.5 Å². The highest BCUT2D eigenvalue weighted by atomic mass is 32.2. The molecule has 4 aromatic rings. The maximum atomic E-state index is 13.5. The molecule has 43 heavy (non-hydrogen) atoms. The molecule has 1 atom stereocenters. The lowest BCUT2D eigenvalue weighted by atomic mass is 10.1. The van der Waals surface area contributed by atoms with Gasteiger partial charge < -0.3 is 19.7 Å². The topological polar surface area (TPSA) is 100 Å². The molecule has 0 saturated heterocycles. The quantitative estimate of drug-likeness (QED) is 0.0974. The van der Waals surface area contributed by atoms with E-state index in [-0.39, 0.29) is 5.97 Å². The first-order chi connectivity index (χ1) is 20.9. The number of esters is 1. The maximum Gasteiger partial charge on any atom is 0.339 e. The Kier molecular flexibility index (Phi) is 9.48. The van der Waals surface area contributed by atoms with Crippen LogP contribution < -0.4 is 15.6 Å². The van der Waals surface area contributed by atoms with E-state index >= 15 is 0 Å². The summed E-state index contributed by atoms with van der Waals surface area (Å²) in [6.07, 6.45) is 1.69. The predicted octanol–water partition coefficient (Wildman–Crippen LogP) is 6.23. The first kappa shape index (κ1) is 29.5. The number of nitrogens with zero attached hydrogens (tertiary/aromatic N) is 2. The first-order valence-corrected chi connectivity index (χ1v) is 14.5. The highest BCUT2D eigenvalue weighted by Gasteiger charge is 2.31. The molecule has 1 unspecified atom stereocenters. The van der Waals surface area contributed by atoms with E-state index in [4.69, 9.17) is 4.74 Å². The number of amides is 2. The summed E-state index contributed by atoms with van der Waals surface area (Å²) in [6, 6.07) is 27.2. The fraction of sp³-hybridized carbons (Fsp3) is 0.152. The standard InChI is InChI=1S/C33H29FN4O4S/c1-42-32(40)24-12-10-22(11-13-24)16-17-43-27-14-15-30-28(19-27)29(20-38(30)31(21-39)23-6-3-2-4-7-23)36-37-33(41)35-26-9-5-8-25(34)18-26/h2-15,18-19,21,31H,16-17,20H2,1H3,(H2,35,37,41). The van der Waals surface area contributed by atoms with Crippen LogP contribution in [0.25, 0.3) is 0 Å². The van der Waals surface area contributed by atoms with E-state index in [1.165, 1.54) is 25.3 Å². The van der Waals surface area contributed by atoms with Crippen molar-refractivity contribution in [2.75, 3.05) is 29.6 Å². The molecule has 0 saturated carbocycles. The highest BCUT2D eigenvalue weighted by molar-refractivity contribution is 7.99. The van der Waals surface area contributed by atoms with Crippen LogP contribution in [0.15, 0.2) is 107 Å². The van der Waals surface area contributed by atoms with Crippen LogP contribution in [-0.4, -0.2) is 43.4 Å². The van der Waals surface area contributed by atoms with Gasteiger partial charge in [0.1, 0.15) is 18.1 Å². The molecule has 1 heterocycles. The Morgan fingerprint density at radius 3 is 2.53 bits per heavy atom. The summed E-state index contributed by atoms with van der Waals surface area (Å²) in [4.78, 5) is 39.5. The van der Waals surface area contributed by atoms with E-state index in [9.17, 15) is 18.8 Å². The molecule has 218 valence electrons. The predicted molar refractivity (Wildman–Crippen MR) is 166 cm³/mol. The molecule has 0 radical (unpaired) electrons. The molecule has 5 rings (SSSR count). The zero-order valence-corrected chi connectivity index (χ0v) is 24.1. The van der Waals surface area contributed by atoms with Crippen LogP contribution in [0.2, 0.25) is 0 Å². The monoisotopic (exact) mass is 596 g/mol. The van der Waals surface area contributed by atoms with Gasteiger partial charge in [-0.25, -0.2) is 19.4 Å². The van der Waals surface area contributed by atoms with Gasteiger partial charge in [-0.05, 0) is 66.1 Å². The number of hydrogen-bond acceptors (Lipinski definition) is 7. The second kappa shape index (κ2) is 13.8. The van der Waals surface area contributed by atoms with Gasteiger partial charge in [0.25, 0.3) is 0 Å². The number of rotatable bonds is 10. The van der Waals surface area contributed by atoms with Crippen LogP contribution in [-0.2, 0) is 16.0 Å². The number of carbonyl (C=O) groups excluding carboxylic acids is 3. The number of methoxy groups -OCH3 is 1. The largest absolute Gasteiger partial charge is 0.465 e. The van der Waals surface area contributed by atoms with Crippen LogP contribution in [0.4, 0.5) is 20.6 Å². The third kappa shape index (κ3) is 7.28. The minimum Gasteiger partial charge on any atom is -0.465 e. The number of ether oxygens (including phenoxy) is 1. The second-order valence-corrected chi connectivity index (χ2v) is 10.9. The summed E-state index contributed by atoms with van der Waals surface area (Å²) < 4.78 is 18.3. The number of carbonyl (C=O) groups is 3. The minimum atomic E-state index is -0.614. The summed E-state index contributed by atoms with van der Waals surface area (Å²) >= 11 is 1.67. The molecule has 0 aliphatic carbocycles. The van der Waals surface area contributed by atoms with E-state index in [2.05, 4.69) is 15.8 Å². The van der Waals surface area contributed by atoms with Crippen molar-refractivity contribution >= 4 is 47.1 Å². The van der Waals surface area contributed by atoms with Crippen molar-refractivity contribution in [3.8, 4) is 0 Å². The van der Waals surface area contributed by atoms with Gasteiger partial charge in [0.05, 0.1) is 24.9 Å². The number of nitrogens with one attached hydrogen (secondary N) is 2. The summed E-state index contributed by atoms with van der Waals surface area (Å²) in [5, 5.41) is 6.97. The van der Waals surface area contributed by atoms with Crippen LogP contribution in [0, 0.1) is 5.82 Å². The minimum absolute atomic E-state index is 0.300. The Balaban J connectivity index is 1.34. The second-order valence-electron chi connectivity index (χ2n) is 9.72. The van der Waals surface area contributed by atoms with Gasteiger partial charge in [-0.2, -0.15) is 5.10 Å². The molecule has 1 aliphatic heterocycles. The lowest BCUT2D eigenvalue weighted by molar-refractivity contribution is -0.109. The van der Waals surface area contributed by atoms with Crippen LogP contribution in [0.1, 0.15) is 33.1 Å². The van der Waals surface area contributed by atoms with Gasteiger partial charge in [0.15, 0.2) is 0 Å². The number of anilines is 2. The summed E-state index contributed by atoms with van der Waals surface area (Å²) in [5.41, 5.74) is 7.49. The van der Waals surface area contributed by atoms with Gasteiger partial charge in [0.2, 0.25) is 0 Å². The number of fused-ring (bicyclic) bond motifs is 1. The molecule has 2 amide bonds. The van der Waals surface area contributed by atoms with Crippen molar-refractivity contribution in [3.63, 3.8) is 0 Å². The van der Waals surface area contributed by atoms with Gasteiger partial charge in [-0.15, -0.1) is 11.8 Å². The number of urea groups is 1. The number of hydrogen-bond donors (Lipinski definition) is 2. The molecule has 0 spiro atoms. The highest BCUT2D eigenvalue weighted by Crippen LogP contribution is 2.37. The smallest absolute Gasteiger partial charge is 0.339 e. The third-order valence-corrected chi connectivity index (χ3v) is 7.92. The first-order valence-electron chi connectivity index (χ1n) is 13.6. The molecule has 0 aromatic heterocycles. The van der Waals surface area contributed by atoms with Crippen LogP contribution in [0.3, 0.4) is 0 Å². The van der Waals surface area contributed by atoms with Gasteiger partial charge in [0, 0.05) is 27.6 Å². The third-order valence-electron chi connectivity index (χ3n) is 6.92. The fourth-order valence-electron chi connectivity index (χ4n) is 4.80. The Hall–Kier alpha value is -4.96. The number of aryl methyl sites for hydroxylation is 1. The lowest BCUT2D eigenvalue weighted by Crippen LogP contribution is -2.31. The van der Waals surface area contributed by atoms with Crippen molar-refractivity contribution in [2.45, 2.75) is 17.4 Å². The van der Waals surface area contributed by atoms with E-state index < -0.39 is 17.9 Å². The van der Waals surface area contributed by atoms with Crippen LogP contribution >= 0.6 is 11.8 Å². The Morgan fingerprint density at radius 1 is 1.02 bits per heavy atom. The summed E-state index contributed by atoms with van der Waals surface area (Å²) in [5.74, 6) is -0.0360. The summed E-state index contributed by atoms with van der Waals surface area (Å²) in [7, 11) is 1.36. The molecule has 4 aromatic carbocycles. The molecular weight excluding hydrogens is 567 g/mol.